The van der Waals surface area contributed by atoms with Crippen molar-refractivity contribution in [3.8, 4) is 11.1 Å². The van der Waals surface area contributed by atoms with Gasteiger partial charge in [-0.3, -0.25) is 4.72 Å². The highest BCUT2D eigenvalue weighted by Gasteiger charge is 2.18. The molecule has 3 heterocycles. The minimum absolute atomic E-state index is 0.137. The molecule has 34 heavy (non-hydrogen) atoms. The van der Waals surface area contributed by atoms with E-state index < -0.39 is 10.0 Å². The molecule has 0 aliphatic heterocycles. The van der Waals surface area contributed by atoms with Gasteiger partial charge in [0.05, 0.1) is 10.3 Å². The second kappa shape index (κ2) is 9.13. The van der Waals surface area contributed by atoms with Gasteiger partial charge >= 0.3 is 0 Å². The summed E-state index contributed by atoms with van der Waals surface area (Å²) in [7, 11) is -3.75. The van der Waals surface area contributed by atoms with Crippen molar-refractivity contribution in [2.75, 3.05) is 10.0 Å². The number of anilines is 3. The van der Waals surface area contributed by atoms with Crippen LogP contribution in [0.5, 0.6) is 0 Å². The standard InChI is InChI=1S/C24H18BrN5O2S2/c1-15-21(16-5-7-17(25)8-6-16)22-23(27-14-28-24(22)33-15)29-18-9-11-19(12-10-18)34(31,32)30-20-4-2-3-13-26-20/h2-14H,1H3,(H,26,30)(H,27,28,29). The van der Waals surface area contributed by atoms with E-state index in [1.165, 1.54) is 12.5 Å². The van der Waals surface area contributed by atoms with Gasteiger partial charge in [-0.25, -0.2) is 23.4 Å². The third kappa shape index (κ3) is 4.52. The Balaban J connectivity index is 1.46. The first-order valence-corrected chi connectivity index (χ1v) is 13.3. The number of aryl methyl sites for hydroxylation is 1. The molecule has 0 bridgehead atoms. The SMILES string of the molecule is Cc1sc2ncnc(Nc3ccc(S(=O)(=O)Nc4ccccn4)cc3)c2c1-c1ccc(Br)cc1. The average Bonchev–Trinajstić information content (AvgIpc) is 3.17. The number of nitrogens with one attached hydrogen (secondary N) is 2. The molecule has 170 valence electrons. The lowest BCUT2D eigenvalue weighted by Crippen LogP contribution is -2.13. The van der Waals surface area contributed by atoms with Crippen molar-refractivity contribution in [2.45, 2.75) is 11.8 Å². The smallest absolute Gasteiger partial charge is 0.263 e. The van der Waals surface area contributed by atoms with Gasteiger partial charge in [-0.2, -0.15) is 0 Å². The van der Waals surface area contributed by atoms with Crippen LogP contribution in [0, 0.1) is 6.92 Å². The molecule has 0 amide bonds. The largest absolute Gasteiger partial charge is 0.340 e. The summed E-state index contributed by atoms with van der Waals surface area (Å²) in [6.07, 6.45) is 3.06. The van der Waals surface area contributed by atoms with Gasteiger partial charge in [-0.05, 0) is 61.0 Å². The Morgan fingerprint density at radius 2 is 1.68 bits per heavy atom. The zero-order chi connectivity index (χ0) is 23.7. The fourth-order valence-corrected chi connectivity index (χ4v) is 5.86. The Kier molecular flexibility index (Phi) is 6.03. The highest BCUT2D eigenvalue weighted by atomic mass is 79.9. The maximum Gasteiger partial charge on any atom is 0.263 e. The minimum Gasteiger partial charge on any atom is -0.340 e. The van der Waals surface area contributed by atoms with Gasteiger partial charge in [0.15, 0.2) is 0 Å². The van der Waals surface area contributed by atoms with Crippen LogP contribution in [0.4, 0.5) is 17.3 Å². The van der Waals surface area contributed by atoms with E-state index in [0.717, 1.165) is 30.7 Å². The molecular weight excluding hydrogens is 534 g/mol. The van der Waals surface area contributed by atoms with Crippen molar-refractivity contribution in [3.63, 3.8) is 0 Å². The zero-order valence-corrected chi connectivity index (χ0v) is 21.1. The lowest BCUT2D eigenvalue weighted by atomic mass is 10.0. The van der Waals surface area contributed by atoms with Gasteiger partial charge in [0.1, 0.15) is 22.8 Å². The first-order chi connectivity index (χ1) is 16.4. The monoisotopic (exact) mass is 551 g/mol. The van der Waals surface area contributed by atoms with Crippen LogP contribution >= 0.6 is 27.3 Å². The topological polar surface area (TPSA) is 96.9 Å². The number of benzene rings is 2. The summed E-state index contributed by atoms with van der Waals surface area (Å²) in [5, 5.41) is 4.26. The third-order valence-electron chi connectivity index (χ3n) is 5.13. The number of rotatable bonds is 6. The van der Waals surface area contributed by atoms with Gasteiger partial charge in [0.25, 0.3) is 10.0 Å². The third-order valence-corrected chi connectivity index (χ3v) is 8.04. The van der Waals surface area contributed by atoms with Crippen LogP contribution in [-0.4, -0.2) is 23.4 Å². The summed E-state index contributed by atoms with van der Waals surface area (Å²) >= 11 is 5.10. The van der Waals surface area contributed by atoms with Crippen LogP contribution in [-0.2, 0) is 10.0 Å². The van der Waals surface area contributed by atoms with Gasteiger partial charge < -0.3 is 5.32 Å². The van der Waals surface area contributed by atoms with Crippen molar-refractivity contribution >= 4 is 64.8 Å². The molecule has 2 N–H and O–H groups in total. The van der Waals surface area contributed by atoms with E-state index >= 15 is 0 Å². The molecule has 0 unspecified atom stereocenters. The highest BCUT2D eigenvalue weighted by molar-refractivity contribution is 9.10. The quantitative estimate of drug-likeness (QED) is 0.254. The van der Waals surface area contributed by atoms with Gasteiger partial charge in [-0.1, -0.05) is 34.1 Å². The average molecular weight is 552 g/mol. The number of thiophene rings is 1. The molecule has 2 aromatic carbocycles. The second-order valence-electron chi connectivity index (χ2n) is 7.41. The number of aromatic nitrogens is 3. The van der Waals surface area contributed by atoms with E-state index in [0.29, 0.717) is 11.5 Å². The number of fused-ring (bicyclic) bond motifs is 1. The number of nitrogens with zero attached hydrogens (tertiary/aromatic N) is 3. The molecule has 0 saturated heterocycles. The van der Waals surface area contributed by atoms with Crippen LogP contribution in [0.3, 0.4) is 0 Å². The molecule has 7 nitrogen and oxygen atoms in total. The fraction of sp³-hybridized carbons (Fsp3) is 0.0417. The van der Waals surface area contributed by atoms with E-state index in [-0.39, 0.29) is 10.7 Å². The minimum atomic E-state index is -3.75. The van der Waals surface area contributed by atoms with E-state index in [1.807, 2.05) is 12.1 Å². The number of halogens is 1. The molecule has 0 radical (unpaired) electrons. The number of pyridine rings is 1. The van der Waals surface area contributed by atoms with Crippen LogP contribution < -0.4 is 10.0 Å². The molecule has 0 atom stereocenters. The first-order valence-electron chi connectivity index (χ1n) is 10.2. The molecular formula is C24H18BrN5O2S2. The van der Waals surface area contributed by atoms with Crippen LogP contribution in [0.15, 0.2) is 88.6 Å². The van der Waals surface area contributed by atoms with Crippen molar-refractivity contribution < 1.29 is 8.42 Å². The molecule has 10 heteroatoms. The Morgan fingerprint density at radius 1 is 0.912 bits per heavy atom. The van der Waals surface area contributed by atoms with Crippen molar-refractivity contribution in [1.29, 1.82) is 0 Å². The fourth-order valence-electron chi connectivity index (χ4n) is 3.58. The van der Waals surface area contributed by atoms with Gasteiger partial charge in [-0.15, -0.1) is 11.3 Å². The van der Waals surface area contributed by atoms with E-state index in [2.05, 4.69) is 60.0 Å². The summed E-state index contributed by atoms with van der Waals surface area (Å²) in [5.74, 6) is 0.927. The Hall–Kier alpha value is -3.34. The Morgan fingerprint density at radius 3 is 2.38 bits per heavy atom. The number of sulfonamides is 1. The molecule has 0 aliphatic rings. The summed E-state index contributed by atoms with van der Waals surface area (Å²) in [5.41, 5.74) is 2.86. The summed E-state index contributed by atoms with van der Waals surface area (Å²) in [6, 6.07) is 19.7. The second-order valence-corrected chi connectivity index (χ2v) is 11.2. The molecule has 3 aromatic heterocycles. The Labute approximate surface area is 209 Å². The molecule has 0 aliphatic carbocycles. The predicted octanol–water partition coefficient (Wildman–Crippen LogP) is 6.37. The predicted molar refractivity (Wildman–Crippen MR) is 140 cm³/mol. The van der Waals surface area contributed by atoms with E-state index in [4.69, 9.17) is 0 Å². The van der Waals surface area contributed by atoms with Crippen LogP contribution in [0.2, 0.25) is 0 Å². The summed E-state index contributed by atoms with van der Waals surface area (Å²) in [4.78, 5) is 15.1. The molecule has 5 rings (SSSR count). The van der Waals surface area contributed by atoms with Crippen LogP contribution in [0.25, 0.3) is 21.3 Å². The summed E-state index contributed by atoms with van der Waals surface area (Å²) < 4.78 is 28.8. The van der Waals surface area contributed by atoms with E-state index in [1.54, 1.807) is 53.8 Å². The summed E-state index contributed by atoms with van der Waals surface area (Å²) in [6.45, 7) is 2.07. The maximum absolute atomic E-state index is 12.7. The lowest BCUT2D eigenvalue weighted by Gasteiger charge is -2.11. The molecule has 5 aromatic rings. The maximum atomic E-state index is 12.7. The normalized spacial score (nSPS) is 11.5. The van der Waals surface area contributed by atoms with Gasteiger partial charge in [0.2, 0.25) is 0 Å². The molecule has 0 saturated carbocycles. The molecule has 0 fully saturated rings. The van der Waals surface area contributed by atoms with Crippen molar-refractivity contribution in [2.24, 2.45) is 0 Å². The lowest BCUT2D eigenvalue weighted by molar-refractivity contribution is 0.601. The number of hydrogen-bond acceptors (Lipinski definition) is 7. The first kappa shape index (κ1) is 22.5. The molecule has 0 spiro atoms. The van der Waals surface area contributed by atoms with E-state index in [9.17, 15) is 8.42 Å². The van der Waals surface area contributed by atoms with Crippen LogP contribution in [0.1, 0.15) is 4.88 Å². The van der Waals surface area contributed by atoms with Crippen molar-refractivity contribution in [3.05, 3.63) is 88.6 Å². The highest BCUT2D eigenvalue weighted by Crippen LogP contribution is 2.41. The number of hydrogen-bond donors (Lipinski definition) is 2. The Bertz CT molecular complexity index is 1570. The van der Waals surface area contributed by atoms with Gasteiger partial charge in [0, 0.05) is 26.8 Å². The zero-order valence-electron chi connectivity index (χ0n) is 17.9. The van der Waals surface area contributed by atoms with Crippen molar-refractivity contribution in [1.82, 2.24) is 15.0 Å².